The summed E-state index contributed by atoms with van der Waals surface area (Å²) in [6, 6.07) is 5.59. The molecule has 1 aromatic carbocycles. The molecule has 0 aliphatic heterocycles. The number of carbonyl (C=O) groups is 1. The summed E-state index contributed by atoms with van der Waals surface area (Å²) in [5.41, 5.74) is 1.74. The SMILES string of the molecule is CC1(C(=O)O)CCCC2(C)c3ccc(O)cc3CCC12. The molecule has 2 N–H and O–H groups in total. The minimum absolute atomic E-state index is 0.0767. The van der Waals surface area contributed by atoms with E-state index in [1.165, 1.54) is 11.1 Å². The highest BCUT2D eigenvalue weighted by Gasteiger charge is 2.55. The quantitative estimate of drug-likeness (QED) is 0.824. The van der Waals surface area contributed by atoms with Crippen molar-refractivity contribution in [1.29, 1.82) is 0 Å². The van der Waals surface area contributed by atoms with Gasteiger partial charge >= 0.3 is 5.97 Å². The lowest BCUT2D eigenvalue weighted by atomic mass is 9.50. The average Bonchev–Trinajstić information content (AvgIpc) is 2.37. The van der Waals surface area contributed by atoms with E-state index in [0.29, 0.717) is 5.75 Å². The number of hydrogen-bond acceptors (Lipinski definition) is 2. The molecule has 3 rings (SSSR count). The van der Waals surface area contributed by atoms with Crippen molar-refractivity contribution in [3.05, 3.63) is 29.3 Å². The summed E-state index contributed by atoms with van der Waals surface area (Å²) in [5.74, 6) is -0.170. The van der Waals surface area contributed by atoms with E-state index in [4.69, 9.17) is 0 Å². The van der Waals surface area contributed by atoms with Crippen LogP contribution in [-0.2, 0) is 16.6 Å². The molecule has 1 aromatic rings. The van der Waals surface area contributed by atoms with E-state index >= 15 is 0 Å². The zero-order chi connectivity index (χ0) is 14.5. The van der Waals surface area contributed by atoms with Crippen LogP contribution in [-0.4, -0.2) is 16.2 Å². The average molecular weight is 274 g/mol. The number of aliphatic carboxylic acids is 1. The first-order valence-corrected chi connectivity index (χ1v) is 7.44. The molecule has 2 aliphatic carbocycles. The number of hydrogen-bond donors (Lipinski definition) is 2. The van der Waals surface area contributed by atoms with Crippen LogP contribution in [0.1, 0.15) is 50.7 Å². The molecule has 108 valence electrons. The summed E-state index contributed by atoms with van der Waals surface area (Å²) in [6.07, 6.45) is 4.53. The van der Waals surface area contributed by atoms with Crippen LogP contribution in [0.2, 0.25) is 0 Å². The van der Waals surface area contributed by atoms with E-state index in [1.54, 1.807) is 6.07 Å². The van der Waals surface area contributed by atoms with Crippen molar-refractivity contribution in [2.45, 2.75) is 51.4 Å². The predicted octanol–water partition coefficient (Wildman–Crippen LogP) is 3.49. The Bertz CT molecular complexity index is 565. The zero-order valence-corrected chi connectivity index (χ0v) is 12.1. The maximum Gasteiger partial charge on any atom is 0.309 e. The van der Waals surface area contributed by atoms with Crippen LogP contribution in [0.15, 0.2) is 18.2 Å². The highest BCUT2D eigenvalue weighted by atomic mass is 16.4. The van der Waals surface area contributed by atoms with Gasteiger partial charge in [-0.15, -0.1) is 0 Å². The first kappa shape index (κ1) is 13.5. The lowest BCUT2D eigenvalue weighted by Crippen LogP contribution is -2.52. The maximum atomic E-state index is 11.8. The third-order valence-corrected chi connectivity index (χ3v) is 5.83. The van der Waals surface area contributed by atoms with E-state index < -0.39 is 11.4 Å². The number of benzene rings is 1. The van der Waals surface area contributed by atoms with Crippen molar-refractivity contribution in [3.63, 3.8) is 0 Å². The van der Waals surface area contributed by atoms with E-state index in [0.717, 1.165) is 32.1 Å². The Morgan fingerprint density at radius 1 is 1.30 bits per heavy atom. The number of phenolic OH excluding ortho intramolecular Hbond substituents is 1. The number of aryl methyl sites for hydroxylation is 1. The molecule has 3 heteroatoms. The van der Waals surface area contributed by atoms with Gasteiger partial charge in [0.25, 0.3) is 0 Å². The summed E-state index contributed by atoms with van der Waals surface area (Å²) in [6.45, 7) is 4.13. The molecule has 20 heavy (non-hydrogen) atoms. The van der Waals surface area contributed by atoms with Crippen molar-refractivity contribution < 1.29 is 15.0 Å². The van der Waals surface area contributed by atoms with E-state index in [1.807, 2.05) is 19.1 Å². The van der Waals surface area contributed by atoms with Crippen molar-refractivity contribution in [2.24, 2.45) is 11.3 Å². The van der Waals surface area contributed by atoms with Gasteiger partial charge in [-0.05, 0) is 67.2 Å². The van der Waals surface area contributed by atoms with Crippen LogP contribution in [0, 0.1) is 11.3 Å². The summed E-state index contributed by atoms with van der Waals surface area (Å²) >= 11 is 0. The van der Waals surface area contributed by atoms with Gasteiger partial charge in [-0.2, -0.15) is 0 Å². The second kappa shape index (κ2) is 4.24. The Hall–Kier alpha value is -1.51. The lowest BCUT2D eigenvalue weighted by Gasteiger charge is -2.53. The molecule has 0 amide bonds. The standard InChI is InChI=1S/C17H22O3/c1-16-8-3-9-17(2,15(19)20)14(16)7-4-11-10-12(18)5-6-13(11)16/h5-6,10,14,18H,3-4,7-9H2,1-2H3,(H,19,20). The zero-order valence-electron chi connectivity index (χ0n) is 12.1. The summed E-state index contributed by atoms with van der Waals surface area (Å²) < 4.78 is 0. The number of rotatable bonds is 1. The molecule has 3 atom stereocenters. The van der Waals surface area contributed by atoms with Gasteiger partial charge in [-0.3, -0.25) is 4.79 Å². The second-order valence-corrected chi connectivity index (χ2v) is 6.93. The number of phenols is 1. The lowest BCUT2D eigenvalue weighted by molar-refractivity contribution is -0.157. The third-order valence-electron chi connectivity index (χ3n) is 5.83. The Kier molecular flexibility index (Phi) is 2.86. The molecular formula is C17H22O3. The molecule has 0 radical (unpaired) electrons. The van der Waals surface area contributed by atoms with Gasteiger partial charge in [0.1, 0.15) is 5.75 Å². The summed E-state index contributed by atoms with van der Waals surface area (Å²) in [5, 5.41) is 19.4. The van der Waals surface area contributed by atoms with Crippen LogP contribution in [0.4, 0.5) is 0 Å². The minimum atomic E-state index is -0.657. The van der Waals surface area contributed by atoms with Crippen molar-refractivity contribution in [3.8, 4) is 5.75 Å². The first-order valence-electron chi connectivity index (χ1n) is 7.44. The molecule has 0 saturated heterocycles. The molecule has 3 unspecified atom stereocenters. The van der Waals surface area contributed by atoms with E-state index in [-0.39, 0.29) is 11.3 Å². The highest BCUT2D eigenvalue weighted by molar-refractivity contribution is 5.75. The van der Waals surface area contributed by atoms with Gasteiger partial charge in [-0.1, -0.05) is 19.4 Å². The molecule has 1 fully saturated rings. The molecule has 2 aliphatic rings. The maximum absolute atomic E-state index is 11.8. The van der Waals surface area contributed by atoms with Crippen molar-refractivity contribution in [1.82, 2.24) is 0 Å². The van der Waals surface area contributed by atoms with Crippen molar-refractivity contribution in [2.75, 3.05) is 0 Å². The molecule has 0 spiro atoms. The van der Waals surface area contributed by atoms with Gasteiger partial charge in [0.15, 0.2) is 0 Å². The second-order valence-electron chi connectivity index (χ2n) is 6.93. The Balaban J connectivity index is 2.12. The third kappa shape index (κ3) is 1.68. The fraction of sp³-hybridized carbons (Fsp3) is 0.588. The Morgan fingerprint density at radius 3 is 2.75 bits per heavy atom. The summed E-state index contributed by atoms with van der Waals surface area (Å²) in [7, 11) is 0. The number of fused-ring (bicyclic) bond motifs is 3. The van der Waals surface area contributed by atoms with Crippen LogP contribution in [0.5, 0.6) is 5.75 Å². The number of carboxylic acids is 1. The Morgan fingerprint density at radius 2 is 2.05 bits per heavy atom. The molecule has 0 bridgehead atoms. The van der Waals surface area contributed by atoms with Gasteiger partial charge in [0, 0.05) is 0 Å². The first-order chi connectivity index (χ1) is 9.38. The Labute approximate surface area is 119 Å². The predicted molar refractivity (Wildman–Crippen MR) is 76.9 cm³/mol. The molecular weight excluding hydrogens is 252 g/mol. The molecule has 0 aromatic heterocycles. The fourth-order valence-electron chi connectivity index (χ4n) is 4.73. The smallest absolute Gasteiger partial charge is 0.309 e. The van der Waals surface area contributed by atoms with Gasteiger partial charge in [0.05, 0.1) is 5.41 Å². The minimum Gasteiger partial charge on any atom is -0.508 e. The van der Waals surface area contributed by atoms with Crippen molar-refractivity contribution >= 4 is 5.97 Å². The van der Waals surface area contributed by atoms with Gasteiger partial charge in [-0.25, -0.2) is 0 Å². The van der Waals surface area contributed by atoms with E-state index in [9.17, 15) is 15.0 Å². The van der Waals surface area contributed by atoms with Gasteiger partial charge < -0.3 is 10.2 Å². The normalized spacial score (nSPS) is 36.0. The molecule has 1 saturated carbocycles. The molecule has 0 heterocycles. The van der Waals surface area contributed by atoms with Gasteiger partial charge in [0.2, 0.25) is 0 Å². The summed E-state index contributed by atoms with van der Waals surface area (Å²) in [4.78, 5) is 11.8. The van der Waals surface area contributed by atoms with Crippen LogP contribution in [0.25, 0.3) is 0 Å². The van der Waals surface area contributed by atoms with E-state index in [2.05, 4.69) is 6.92 Å². The van der Waals surface area contributed by atoms with Crippen LogP contribution < -0.4 is 0 Å². The largest absolute Gasteiger partial charge is 0.508 e. The fourth-order valence-corrected chi connectivity index (χ4v) is 4.73. The highest BCUT2D eigenvalue weighted by Crippen LogP contribution is 2.57. The number of carboxylic acid groups (broad SMARTS) is 1. The monoisotopic (exact) mass is 274 g/mol. The topological polar surface area (TPSA) is 57.5 Å². The van der Waals surface area contributed by atoms with Crippen LogP contribution >= 0.6 is 0 Å². The molecule has 3 nitrogen and oxygen atoms in total. The van der Waals surface area contributed by atoms with Crippen LogP contribution in [0.3, 0.4) is 0 Å². The number of aromatic hydroxyl groups is 1.